The standard InChI is InChI=1S/C44H54N8O3/c1-5-40-39(41(48-36-13-16-55-17-14-36)38-23-47-52(6-2)43(38)49-40)27-51(44(54)34-19-28(3)18-33(22-34)42(46)53)25-31-11-10-29(4)37(21-31)32-9-7-8-30(20-32)24-50-15-12-35(45)26-50/h7-11,18-23,35-36H,5-6,12-17,24-27,45H2,1-4H3,(H2,46,53)(H,48,49)/t35-/m0/s1. The van der Waals surface area contributed by atoms with Crippen LogP contribution in [0.3, 0.4) is 0 Å². The zero-order chi connectivity index (χ0) is 38.6. The van der Waals surface area contributed by atoms with Gasteiger partial charge in [-0.2, -0.15) is 5.10 Å². The van der Waals surface area contributed by atoms with Gasteiger partial charge in [0.15, 0.2) is 5.65 Å². The lowest BCUT2D eigenvalue weighted by Crippen LogP contribution is -2.33. The number of fused-ring (bicyclic) bond motifs is 1. The molecule has 2 amide bonds. The molecular formula is C44H54N8O3. The van der Waals surface area contributed by atoms with Crippen LogP contribution in [-0.2, 0) is 37.3 Å². The van der Waals surface area contributed by atoms with Gasteiger partial charge in [0.05, 0.1) is 23.8 Å². The highest BCUT2D eigenvalue weighted by molar-refractivity contribution is 6.00. The topological polar surface area (TPSA) is 145 Å². The van der Waals surface area contributed by atoms with Crippen molar-refractivity contribution in [2.45, 2.75) is 91.6 Å². The summed E-state index contributed by atoms with van der Waals surface area (Å²) < 4.78 is 7.63. The first kappa shape index (κ1) is 38.2. The molecule has 0 spiro atoms. The van der Waals surface area contributed by atoms with E-state index in [1.54, 1.807) is 12.1 Å². The Morgan fingerprint density at radius 1 is 0.964 bits per heavy atom. The number of benzene rings is 3. The molecular weight excluding hydrogens is 689 g/mol. The number of carbonyl (C=O) groups excluding carboxylic acids is 2. The molecule has 0 aliphatic carbocycles. The zero-order valence-electron chi connectivity index (χ0n) is 32.6. The summed E-state index contributed by atoms with van der Waals surface area (Å²) in [4.78, 5) is 36.6. The van der Waals surface area contributed by atoms with Gasteiger partial charge in [-0.3, -0.25) is 14.5 Å². The molecule has 4 heterocycles. The Morgan fingerprint density at radius 2 is 1.76 bits per heavy atom. The molecule has 0 unspecified atom stereocenters. The van der Waals surface area contributed by atoms with Crippen LogP contribution in [0, 0.1) is 13.8 Å². The van der Waals surface area contributed by atoms with E-state index in [1.165, 1.54) is 5.56 Å². The number of anilines is 1. The summed E-state index contributed by atoms with van der Waals surface area (Å²) in [5.41, 5.74) is 22.8. The second-order valence-electron chi connectivity index (χ2n) is 15.2. The number of likely N-dealkylation sites (tertiary alicyclic amines) is 1. The average molecular weight is 743 g/mol. The van der Waals surface area contributed by atoms with Crippen LogP contribution in [0.15, 0.2) is 66.9 Å². The molecule has 55 heavy (non-hydrogen) atoms. The van der Waals surface area contributed by atoms with Crippen molar-refractivity contribution < 1.29 is 14.3 Å². The van der Waals surface area contributed by atoms with Crippen LogP contribution in [0.4, 0.5) is 5.69 Å². The number of pyridine rings is 1. The van der Waals surface area contributed by atoms with Gasteiger partial charge in [-0.05, 0) is 110 Å². The summed E-state index contributed by atoms with van der Waals surface area (Å²) in [5.74, 6) is -0.761. The first-order chi connectivity index (χ1) is 26.6. The van der Waals surface area contributed by atoms with E-state index in [9.17, 15) is 9.59 Å². The van der Waals surface area contributed by atoms with Gasteiger partial charge in [0.25, 0.3) is 5.91 Å². The van der Waals surface area contributed by atoms with Crippen LogP contribution in [0.25, 0.3) is 22.2 Å². The SMILES string of the molecule is CCc1nc2c(cnn2CC)c(NC2CCOCC2)c1CN(Cc1ccc(C)c(-c2cccc(CN3CC[C@H](N)C3)c2)c1)C(=O)c1cc(C)cc(C(N)=O)c1. The van der Waals surface area contributed by atoms with Crippen molar-refractivity contribution in [3.05, 3.63) is 111 Å². The maximum absolute atomic E-state index is 14.8. The lowest BCUT2D eigenvalue weighted by molar-refractivity contribution is 0.0729. The molecule has 0 bridgehead atoms. The molecule has 288 valence electrons. The molecule has 1 atom stereocenters. The number of aryl methyl sites for hydroxylation is 4. The van der Waals surface area contributed by atoms with Crippen molar-refractivity contribution in [2.75, 3.05) is 31.6 Å². The summed E-state index contributed by atoms with van der Waals surface area (Å²) in [5, 5.41) is 9.50. The van der Waals surface area contributed by atoms with Crippen molar-refractivity contribution in [2.24, 2.45) is 11.5 Å². The number of rotatable bonds is 13. The zero-order valence-corrected chi connectivity index (χ0v) is 32.6. The first-order valence-electron chi connectivity index (χ1n) is 19.7. The highest BCUT2D eigenvalue weighted by Gasteiger charge is 2.26. The van der Waals surface area contributed by atoms with Crippen LogP contribution >= 0.6 is 0 Å². The van der Waals surface area contributed by atoms with Crippen LogP contribution in [-0.4, -0.2) is 74.8 Å². The molecule has 5 aromatic rings. The minimum atomic E-state index is -0.568. The number of nitrogens with zero attached hydrogens (tertiary/aromatic N) is 5. The lowest BCUT2D eigenvalue weighted by atomic mass is 9.96. The Hall–Kier alpha value is -5.10. The number of amides is 2. The fourth-order valence-electron chi connectivity index (χ4n) is 8.10. The minimum absolute atomic E-state index is 0.192. The average Bonchev–Trinajstić information content (AvgIpc) is 3.80. The summed E-state index contributed by atoms with van der Waals surface area (Å²) in [6.45, 7) is 13.7. The van der Waals surface area contributed by atoms with E-state index in [1.807, 2.05) is 28.8 Å². The van der Waals surface area contributed by atoms with E-state index in [-0.39, 0.29) is 18.0 Å². The van der Waals surface area contributed by atoms with Gasteiger partial charge in [-0.25, -0.2) is 9.67 Å². The smallest absolute Gasteiger partial charge is 0.254 e. The molecule has 2 fully saturated rings. The Morgan fingerprint density at radius 3 is 2.49 bits per heavy atom. The molecule has 3 aromatic carbocycles. The number of carbonyl (C=O) groups is 2. The Bertz CT molecular complexity index is 2190. The van der Waals surface area contributed by atoms with E-state index >= 15 is 0 Å². The number of aromatic nitrogens is 3. The lowest BCUT2D eigenvalue weighted by Gasteiger charge is -2.29. The molecule has 11 heteroatoms. The number of nitrogens with two attached hydrogens (primary N) is 2. The number of hydrogen-bond donors (Lipinski definition) is 3. The molecule has 7 rings (SSSR count). The normalized spacial score (nSPS) is 16.5. The van der Waals surface area contributed by atoms with Gasteiger partial charge < -0.3 is 26.4 Å². The van der Waals surface area contributed by atoms with Crippen LogP contribution in [0.1, 0.15) is 87.3 Å². The van der Waals surface area contributed by atoms with Gasteiger partial charge in [0.1, 0.15) is 0 Å². The highest BCUT2D eigenvalue weighted by atomic mass is 16.5. The second kappa shape index (κ2) is 16.7. The molecule has 2 aliphatic heterocycles. The molecule has 2 aromatic heterocycles. The van der Waals surface area contributed by atoms with E-state index in [4.69, 9.17) is 26.3 Å². The van der Waals surface area contributed by atoms with Crippen LogP contribution < -0.4 is 16.8 Å². The summed E-state index contributed by atoms with van der Waals surface area (Å²) in [6.07, 6.45) is 5.36. The van der Waals surface area contributed by atoms with E-state index in [0.717, 1.165) is 94.7 Å². The summed E-state index contributed by atoms with van der Waals surface area (Å²) >= 11 is 0. The quantitative estimate of drug-likeness (QED) is 0.126. The third-order valence-corrected chi connectivity index (χ3v) is 11.0. The maximum Gasteiger partial charge on any atom is 0.254 e. The van der Waals surface area contributed by atoms with Gasteiger partial charge in [0.2, 0.25) is 5.91 Å². The predicted molar refractivity (Wildman–Crippen MR) is 218 cm³/mol. The molecule has 0 radical (unpaired) electrons. The van der Waals surface area contributed by atoms with Gasteiger partial charge in [0, 0.05) is 80.4 Å². The van der Waals surface area contributed by atoms with Crippen molar-refractivity contribution >= 4 is 28.5 Å². The number of hydrogen-bond acceptors (Lipinski definition) is 8. The largest absolute Gasteiger partial charge is 0.381 e. The minimum Gasteiger partial charge on any atom is -0.381 e. The molecule has 5 N–H and O–H groups in total. The summed E-state index contributed by atoms with van der Waals surface area (Å²) in [7, 11) is 0. The van der Waals surface area contributed by atoms with Crippen LogP contribution in [0.2, 0.25) is 0 Å². The first-order valence-corrected chi connectivity index (χ1v) is 19.7. The van der Waals surface area contributed by atoms with E-state index in [2.05, 4.69) is 73.5 Å². The van der Waals surface area contributed by atoms with Crippen molar-refractivity contribution in [1.82, 2.24) is 24.6 Å². The van der Waals surface area contributed by atoms with Gasteiger partial charge in [-0.1, -0.05) is 37.3 Å². The van der Waals surface area contributed by atoms with Crippen molar-refractivity contribution in [3.63, 3.8) is 0 Å². The molecule has 2 aliphatic rings. The Balaban J connectivity index is 1.29. The van der Waals surface area contributed by atoms with Gasteiger partial charge >= 0.3 is 0 Å². The van der Waals surface area contributed by atoms with E-state index < -0.39 is 5.91 Å². The van der Waals surface area contributed by atoms with Gasteiger partial charge in [-0.15, -0.1) is 0 Å². The van der Waals surface area contributed by atoms with E-state index in [0.29, 0.717) is 50.4 Å². The number of ether oxygens (including phenoxy) is 1. The molecule has 0 saturated carbocycles. The number of primary amides is 1. The third kappa shape index (κ3) is 8.59. The van der Waals surface area contributed by atoms with Crippen molar-refractivity contribution in [3.8, 4) is 11.1 Å². The Kier molecular flexibility index (Phi) is 11.6. The predicted octanol–water partition coefficient (Wildman–Crippen LogP) is 6.36. The third-order valence-electron chi connectivity index (χ3n) is 11.0. The maximum atomic E-state index is 14.8. The number of nitrogens with one attached hydrogen (secondary N) is 1. The Labute approximate surface area is 324 Å². The monoisotopic (exact) mass is 742 g/mol. The van der Waals surface area contributed by atoms with Crippen LogP contribution in [0.5, 0.6) is 0 Å². The highest BCUT2D eigenvalue weighted by Crippen LogP contribution is 2.34. The second-order valence-corrected chi connectivity index (χ2v) is 15.2. The fourth-order valence-corrected chi connectivity index (χ4v) is 8.10. The molecule has 2 saturated heterocycles. The molecule has 11 nitrogen and oxygen atoms in total. The van der Waals surface area contributed by atoms with Crippen molar-refractivity contribution in [1.29, 1.82) is 0 Å². The fraction of sp³-hybridized carbons (Fsp3) is 0.409. The summed E-state index contributed by atoms with van der Waals surface area (Å²) in [6, 6.07) is 20.8.